The summed E-state index contributed by atoms with van der Waals surface area (Å²) in [6.07, 6.45) is 2.01. The van der Waals surface area contributed by atoms with Crippen LogP contribution >= 0.6 is 0 Å². The molecule has 5 heteroatoms. The fraction of sp³-hybridized carbons (Fsp3) is 0.875. The first-order valence-electron chi connectivity index (χ1n) is 7.93. The minimum absolute atomic E-state index is 0.569. The quantitative estimate of drug-likeness (QED) is 0.606. The van der Waals surface area contributed by atoms with Crippen LogP contribution in [-0.4, -0.2) is 31.7 Å². The molecule has 0 aromatic carbocycles. The van der Waals surface area contributed by atoms with Crippen LogP contribution in [0.3, 0.4) is 0 Å². The molecule has 0 aliphatic rings. The first-order chi connectivity index (χ1) is 9.70. The normalized spacial score (nSPS) is 10.1. The molecule has 4 nitrogen and oxygen atoms in total. The van der Waals surface area contributed by atoms with Gasteiger partial charge in [-0.2, -0.15) is 0 Å². The molecule has 0 aromatic rings. The molecule has 0 spiro atoms. The maximum atomic E-state index is 10.6. The van der Waals surface area contributed by atoms with Crippen molar-refractivity contribution in [1.29, 1.82) is 0 Å². The second-order valence-corrected chi connectivity index (χ2v) is 15.3. The predicted molar refractivity (Wildman–Crippen MR) is 86.2 cm³/mol. The van der Waals surface area contributed by atoms with E-state index in [9.17, 15) is 9.90 Å². The average molecular weight is 408 g/mol. The van der Waals surface area contributed by atoms with Gasteiger partial charge in [0.15, 0.2) is 0 Å². The van der Waals surface area contributed by atoms with Gasteiger partial charge in [0.1, 0.15) is 0 Å². The van der Waals surface area contributed by atoms with E-state index in [2.05, 4.69) is 20.8 Å². The fourth-order valence-corrected chi connectivity index (χ4v) is 6.21. The second kappa shape index (κ2) is 16.1. The molecule has 0 fully saturated rings. The summed E-state index contributed by atoms with van der Waals surface area (Å²) in [6.45, 7) is 13.7. The molecule has 0 amide bonds. The van der Waals surface area contributed by atoms with E-state index >= 15 is 0 Å². The molecule has 21 heavy (non-hydrogen) atoms. The number of hydrogen-bond acceptors (Lipinski definition) is 4. The molecule has 0 rings (SSSR count). The van der Waals surface area contributed by atoms with Crippen LogP contribution in [0.2, 0.25) is 13.3 Å². The number of aliphatic carboxylic acids is 2. The molecule has 3 radical (unpaired) electrons. The molecule has 125 valence electrons. The van der Waals surface area contributed by atoms with Crippen molar-refractivity contribution >= 4 is 31.7 Å². The van der Waals surface area contributed by atoms with Crippen molar-refractivity contribution in [2.24, 2.45) is 5.41 Å². The Bertz CT molecular complexity index is 241. The number of rotatable bonds is 7. The maximum absolute atomic E-state index is 10.6. The number of carboxylic acids is 2. The summed E-state index contributed by atoms with van der Waals surface area (Å²) in [4.78, 5) is 19.5. The van der Waals surface area contributed by atoms with Crippen molar-refractivity contribution in [3.05, 3.63) is 0 Å². The Morgan fingerprint density at radius 3 is 1.05 bits per heavy atom. The first-order valence-corrected chi connectivity index (χ1v) is 14.0. The zero-order valence-corrected chi connectivity index (χ0v) is 17.7. The van der Waals surface area contributed by atoms with Gasteiger partial charge in [-0.25, -0.2) is 0 Å². The third-order valence-electron chi connectivity index (χ3n) is 3.96. The summed E-state index contributed by atoms with van der Waals surface area (Å²) < 4.78 is 4.65. The van der Waals surface area contributed by atoms with Gasteiger partial charge in [-0.3, -0.25) is 0 Å². The summed E-state index contributed by atoms with van der Waals surface area (Å²) >= 11 is -0.653. The molecule has 0 atom stereocenters. The van der Waals surface area contributed by atoms with E-state index in [0.29, 0.717) is 19.3 Å². The Labute approximate surface area is 138 Å². The van der Waals surface area contributed by atoms with Gasteiger partial charge >= 0.3 is 53.8 Å². The molecule has 0 aliphatic carbocycles. The Hall–Kier alpha value is -0.261. The summed E-state index contributed by atoms with van der Waals surface area (Å²) in [7, 11) is 0. The molecule has 0 bridgehead atoms. The third kappa shape index (κ3) is 14.4. The molecule has 0 saturated heterocycles. The van der Waals surface area contributed by atoms with E-state index in [1.807, 2.05) is 20.8 Å². The van der Waals surface area contributed by atoms with E-state index < -0.39 is 37.1 Å². The van der Waals surface area contributed by atoms with Crippen LogP contribution < -0.4 is 10.2 Å². The summed E-state index contributed by atoms with van der Waals surface area (Å²) in [5.74, 6) is -1.99. The van der Waals surface area contributed by atoms with E-state index in [1.54, 1.807) is 13.3 Å². The van der Waals surface area contributed by atoms with Crippen LogP contribution in [-0.2, 0) is 9.59 Å². The van der Waals surface area contributed by atoms with Crippen molar-refractivity contribution in [2.45, 2.75) is 81.0 Å². The number of carbonyl (C=O) groups excluding carboxylic acids is 2. The molecular weight excluding hydrogens is 375 g/mol. The Kier molecular flexibility index (Phi) is 19.7. The minimum atomic E-state index is -1.08. The van der Waals surface area contributed by atoms with Crippen molar-refractivity contribution in [3.63, 3.8) is 0 Å². The van der Waals surface area contributed by atoms with E-state index in [-0.39, 0.29) is 0 Å². The van der Waals surface area contributed by atoms with Crippen molar-refractivity contribution in [2.75, 3.05) is 0 Å². The number of hydrogen-bond donors (Lipinski definition) is 0. The standard InChI is InChI=1S/C8H16O2.C2H4O2.3C2H5.Sn/c1-4-8(5-2,6-3)7(9)10;1-2(3)4;3*1-2;/h4-6H2,1-3H3,(H,9,10);1H3,(H,3,4);3*1H2,2H3;/q;;;;;+2/p-2. The molecule has 0 unspecified atom stereocenters. The van der Waals surface area contributed by atoms with Crippen LogP contribution in [0.4, 0.5) is 0 Å². The molecule has 0 aromatic heterocycles. The summed E-state index contributed by atoms with van der Waals surface area (Å²) in [5, 5.41) is 19.5. The zero-order valence-electron chi connectivity index (χ0n) is 14.9. The van der Waals surface area contributed by atoms with Crippen molar-refractivity contribution in [3.8, 4) is 0 Å². The third-order valence-corrected chi connectivity index (χ3v) is 12.5. The summed E-state index contributed by atoms with van der Waals surface area (Å²) in [5.41, 5.74) is -0.569. The zero-order chi connectivity index (χ0) is 17.5. The van der Waals surface area contributed by atoms with Gasteiger partial charge in [-0.15, -0.1) is 0 Å². The monoisotopic (exact) mass is 409 g/mol. The Morgan fingerprint density at radius 2 is 1.05 bits per heavy atom. The average Bonchev–Trinajstić information content (AvgIpc) is 2.43. The topological polar surface area (TPSA) is 80.3 Å². The van der Waals surface area contributed by atoms with Crippen molar-refractivity contribution in [1.82, 2.24) is 0 Å². The fourth-order valence-electron chi connectivity index (χ4n) is 1.93. The van der Waals surface area contributed by atoms with Gasteiger partial charge in [-0.1, -0.05) is 20.8 Å². The van der Waals surface area contributed by atoms with Gasteiger partial charge < -0.3 is 19.8 Å². The van der Waals surface area contributed by atoms with E-state index in [4.69, 9.17) is 9.90 Å². The van der Waals surface area contributed by atoms with Crippen molar-refractivity contribution < 1.29 is 19.8 Å². The predicted octanol–water partition coefficient (Wildman–Crippen LogP) is 2.25. The molecular formula is C16H33O4Sn. The van der Waals surface area contributed by atoms with Gasteiger partial charge in [0.05, 0.1) is 0 Å². The van der Waals surface area contributed by atoms with E-state index in [0.717, 1.165) is 6.92 Å². The Morgan fingerprint density at radius 1 is 0.810 bits per heavy atom. The molecule has 0 saturated carbocycles. The SMILES string of the molecule is CC(=O)[O-].CCC(CC)(CC)C(=O)[O-].C[CH2][Sn+2]([CH2]C)[CH2]C. The number of carbonyl (C=O) groups is 2. The first kappa shape index (κ1) is 25.7. The summed E-state index contributed by atoms with van der Waals surface area (Å²) in [6, 6.07) is 0. The van der Waals surface area contributed by atoms with Crippen LogP contribution in [0, 0.1) is 5.41 Å². The van der Waals surface area contributed by atoms with E-state index in [1.165, 1.54) is 0 Å². The second-order valence-electron chi connectivity index (χ2n) is 4.93. The van der Waals surface area contributed by atoms with Crippen LogP contribution in [0.1, 0.15) is 67.7 Å². The van der Waals surface area contributed by atoms with Crippen LogP contribution in [0.15, 0.2) is 0 Å². The Balaban J connectivity index is -0.000000256. The van der Waals surface area contributed by atoms with Gasteiger partial charge in [0.2, 0.25) is 0 Å². The van der Waals surface area contributed by atoms with Gasteiger partial charge in [-0.05, 0) is 26.2 Å². The molecule has 0 aliphatic heterocycles. The van der Waals surface area contributed by atoms with Gasteiger partial charge in [0, 0.05) is 17.4 Å². The van der Waals surface area contributed by atoms with Gasteiger partial charge in [0.25, 0.3) is 0 Å². The van der Waals surface area contributed by atoms with Crippen LogP contribution in [0.25, 0.3) is 0 Å². The molecule has 0 N–H and O–H groups in total. The number of carboxylic acid groups (broad SMARTS) is 2. The van der Waals surface area contributed by atoms with Crippen LogP contribution in [0.5, 0.6) is 0 Å². The molecule has 0 heterocycles.